The summed E-state index contributed by atoms with van der Waals surface area (Å²) in [6, 6.07) is 6.44. The van der Waals surface area contributed by atoms with Crippen LogP contribution in [0.15, 0.2) is 36.4 Å². The summed E-state index contributed by atoms with van der Waals surface area (Å²) in [7, 11) is 0. The summed E-state index contributed by atoms with van der Waals surface area (Å²) in [5, 5.41) is 10.8. The normalized spacial score (nSPS) is 11.4. The Hall–Kier alpha value is -2.15. The van der Waals surface area contributed by atoms with E-state index in [1.165, 1.54) is 12.1 Å². The van der Waals surface area contributed by atoms with E-state index in [1.54, 1.807) is 0 Å². The third kappa shape index (κ3) is 2.88. The minimum atomic E-state index is -4.54. The van der Waals surface area contributed by atoms with Crippen LogP contribution in [0.25, 0.3) is 11.3 Å². The Labute approximate surface area is 116 Å². The molecule has 1 aromatic heterocycles. The van der Waals surface area contributed by atoms with Gasteiger partial charge in [0.05, 0.1) is 10.5 Å². The summed E-state index contributed by atoms with van der Waals surface area (Å²) < 4.78 is 37.9. The van der Waals surface area contributed by atoms with E-state index in [2.05, 4.69) is 4.98 Å². The van der Waals surface area contributed by atoms with Gasteiger partial charge in [-0.15, -0.1) is 0 Å². The molecule has 2 aromatic rings. The zero-order chi connectivity index (χ0) is 14.9. The molecule has 104 valence electrons. The molecule has 2 rings (SSSR count). The lowest BCUT2D eigenvalue weighted by atomic mass is 10.1. The van der Waals surface area contributed by atoms with Crippen LogP contribution in [0.1, 0.15) is 5.56 Å². The first-order valence-corrected chi connectivity index (χ1v) is 5.65. The van der Waals surface area contributed by atoms with Crippen LogP contribution in [0.2, 0.25) is 5.15 Å². The predicted octanol–water partition coefficient (Wildman–Crippen LogP) is 4.33. The molecule has 4 nitrogen and oxygen atoms in total. The summed E-state index contributed by atoms with van der Waals surface area (Å²) in [6.45, 7) is 0. The standard InChI is InChI=1S/C12H6ClF3N2O2/c13-10-5-4-9(18(19)20)11(17-10)7-2-1-3-8(6-7)12(14,15)16/h1-6H. The lowest BCUT2D eigenvalue weighted by molar-refractivity contribution is -0.384. The third-order valence-electron chi connectivity index (χ3n) is 2.50. The van der Waals surface area contributed by atoms with E-state index in [9.17, 15) is 23.3 Å². The Balaban J connectivity index is 2.62. The summed E-state index contributed by atoms with van der Waals surface area (Å²) in [4.78, 5) is 13.9. The number of pyridine rings is 1. The molecule has 0 atom stereocenters. The van der Waals surface area contributed by atoms with Crippen molar-refractivity contribution < 1.29 is 18.1 Å². The molecule has 1 heterocycles. The molecule has 0 saturated carbocycles. The highest BCUT2D eigenvalue weighted by molar-refractivity contribution is 6.29. The number of nitro groups is 1. The molecule has 1 aromatic carbocycles. The van der Waals surface area contributed by atoms with Crippen molar-refractivity contribution in [1.82, 2.24) is 4.98 Å². The maximum absolute atomic E-state index is 12.6. The monoisotopic (exact) mass is 302 g/mol. The number of nitrogens with zero attached hydrogens (tertiary/aromatic N) is 2. The highest BCUT2D eigenvalue weighted by Crippen LogP contribution is 2.34. The summed E-state index contributed by atoms with van der Waals surface area (Å²) in [6.07, 6.45) is -4.54. The average Bonchev–Trinajstić information content (AvgIpc) is 2.37. The zero-order valence-electron chi connectivity index (χ0n) is 9.69. The minimum Gasteiger partial charge on any atom is -0.258 e. The minimum absolute atomic E-state index is 0.0194. The van der Waals surface area contributed by atoms with Crippen LogP contribution in [0.3, 0.4) is 0 Å². The average molecular weight is 303 g/mol. The number of rotatable bonds is 2. The van der Waals surface area contributed by atoms with Gasteiger partial charge in [-0.1, -0.05) is 23.7 Å². The summed E-state index contributed by atoms with van der Waals surface area (Å²) >= 11 is 5.65. The number of halogens is 4. The van der Waals surface area contributed by atoms with Gasteiger partial charge in [-0.3, -0.25) is 10.1 Å². The second kappa shape index (κ2) is 5.09. The van der Waals surface area contributed by atoms with E-state index < -0.39 is 22.4 Å². The van der Waals surface area contributed by atoms with Crippen LogP contribution < -0.4 is 0 Å². The quantitative estimate of drug-likeness (QED) is 0.471. The first-order chi connectivity index (χ1) is 9.29. The lowest BCUT2D eigenvalue weighted by Gasteiger charge is -2.08. The fourth-order valence-electron chi connectivity index (χ4n) is 1.63. The van der Waals surface area contributed by atoms with Gasteiger partial charge in [0.25, 0.3) is 5.69 Å². The molecular weight excluding hydrogens is 297 g/mol. The number of aromatic nitrogens is 1. The van der Waals surface area contributed by atoms with Gasteiger partial charge in [0.2, 0.25) is 0 Å². The smallest absolute Gasteiger partial charge is 0.258 e. The SMILES string of the molecule is O=[N+]([O-])c1ccc(Cl)nc1-c1cccc(C(F)(F)F)c1. The van der Waals surface area contributed by atoms with Gasteiger partial charge < -0.3 is 0 Å². The topological polar surface area (TPSA) is 56.0 Å². The van der Waals surface area contributed by atoms with Gasteiger partial charge >= 0.3 is 6.18 Å². The molecule has 0 aliphatic heterocycles. The van der Waals surface area contributed by atoms with E-state index in [0.717, 1.165) is 24.3 Å². The maximum atomic E-state index is 12.6. The first kappa shape index (κ1) is 14.3. The second-order valence-electron chi connectivity index (χ2n) is 3.84. The molecule has 0 N–H and O–H groups in total. The molecule has 0 bridgehead atoms. The van der Waals surface area contributed by atoms with Gasteiger partial charge in [0.1, 0.15) is 10.8 Å². The predicted molar refractivity (Wildman–Crippen MR) is 66.3 cm³/mol. The van der Waals surface area contributed by atoms with E-state index in [-0.39, 0.29) is 16.4 Å². The molecule has 0 amide bonds. The Morgan fingerprint density at radius 2 is 1.90 bits per heavy atom. The summed E-state index contributed by atoms with van der Waals surface area (Å²) in [5.41, 5.74) is -1.54. The van der Waals surface area contributed by atoms with Gasteiger partial charge in [-0.05, 0) is 18.2 Å². The Kier molecular flexibility index (Phi) is 3.63. The highest BCUT2D eigenvalue weighted by Gasteiger charge is 2.31. The van der Waals surface area contributed by atoms with E-state index in [1.807, 2.05) is 0 Å². The third-order valence-corrected chi connectivity index (χ3v) is 2.71. The van der Waals surface area contributed by atoms with Crippen molar-refractivity contribution >= 4 is 17.3 Å². The van der Waals surface area contributed by atoms with E-state index in [4.69, 9.17) is 11.6 Å². The van der Waals surface area contributed by atoms with Crippen LogP contribution in [0.5, 0.6) is 0 Å². The molecule has 20 heavy (non-hydrogen) atoms. The molecule has 0 fully saturated rings. The molecule has 0 aliphatic carbocycles. The number of alkyl halides is 3. The van der Waals surface area contributed by atoms with Crippen LogP contribution in [0.4, 0.5) is 18.9 Å². The Morgan fingerprint density at radius 3 is 2.50 bits per heavy atom. The largest absolute Gasteiger partial charge is 0.416 e. The van der Waals surface area contributed by atoms with Crippen molar-refractivity contribution in [2.75, 3.05) is 0 Å². The second-order valence-corrected chi connectivity index (χ2v) is 4.22. The number of benzene rings is 1. The van der Waals surface area contributed by atoms with Crippen LogP contribution >= 0.6 is 11.6 Å². The summed E-state index contributed by atoms with van der Waals surface area (Å²) in [5.74, 6) is 0. The van der Waals surface area contributed by atoms with Gasteiger partial charge in [-0.25, -0.2) is 4.98 Å². The molecule has 0 radical (unpaired) electrons. The molecule has 0 spiro atoms. The maximum Gasteiger partial charge on any atom is 0.416 e. The molecular formula is C12H6ClF3N2O2. The van der Waals surface area contributed by atoms with Gasteiger partial charge in [-0.2, -0.15) is 13.2 Å². The highest BCUT2D eigenvalue weighted by atomic mass is 35.5. The molecule has 0 aliphatic rings. The fourth-order valence-corrected chi connectivity index (χ4v) is 1.78. The number of hydrogen-bond acceptors (Lipinski definition) is 3. The molecule has 0 unspecified atom stereocenters. The van der Waals surface area contributed by atoms with Gasteiger partial charge in [0, 0.05) is 11.6 Å². The molecule has 0 saturated heterocycles. The number of hydrogen-bond donors (Lipinski definition) is 0. The fraction of sp³-hybridized carbons (Fsp3) is 0.0833. The van der Waals surface area contributed by atoms with Crippen molar-refractivity contribution in [2.24, 2.45) is 0 Å². The lowest BCUT2D eigenvalue weighted by Crippen LogP contribution is -2.05. The van der Waals surface area contributed by atoms with E-state index >= 15 is 0 Å². The van der Waals surface area contributed by atoms with Crippen LogP contribution in [0, 0.1) is 10.1 Å². The van der Waals surface area contributed by atoms with Crippen LogP contribution in [-0.2, 0) is 6.18 Å². The van der Waals surface area contributed by atoms with Gasteiger partial charge in [0.15, 0.2) is 0 Å². The van der Waals surface area contributed by atoms with Crippen molar-refractivity contribution in [3.05, 3.63) is 57.2 Å². The van der Waals surface area contributed by atoms with E-state index in [0.29, 0.717) is 0 Å². The van der Waals surface area contributed by atoms with Crippen molar-refractivity contribution in [3.63, 3.8) is 0 Å². The molecule has 8 heteroatoms. The Bertz CT molecular complexity index is 674. The Morgan fingerprint density at radius 1 is 1.20 bits per heavy atom. The zero-order valence-corrected chi connectivity index (χ0v) is 10.4. The van der Waals surface area contributed by atoms with Crippen molar-refractivity contribution in [1.29, 1.82) is 0 Å². The van der Waals surface area contributed by atoms with Crippen LogP contribution in [-0.4, -0.2) is 9.91 Å². The van der Waals surface area contributed by atoms with Crippen molar-refractivity contribution in [2.45, 2.75) is 6.18 Å². The first-order valence-electron chi connectivity index (χ1n) is 5.27. The van der Waals surface area contributed by atoms with Crippen molar-refractivity contribution in [3.8, 4) is 11.3 Å².